The molecule has 6 rings (SSSR count). The van der Waals surface area contributed by atoms with Crippen molar-refractivity contribution in [3.8, 4) is 17.0 Å². The number of amides is 1. The summed E-state index contributed by atoms with van der Waals surface area (Å²) in [7, 11) is 1.50. The topological polar surface area (TPSA) is 63.0 Å². The highest BCUT2D eigenvalue weighted by atomic mass is 19.1. The molecule has 7 nitrogen and oxygen atoms in total. The summed E-state index contributed by atoms with van der Waals surface area (Å²) in [5, 5.41) is 4.41. The standard InChI is InChI=1S/C23H23F2N5O2/c1-32-22-8-16(19(25)9-26-22)13-6-21-20(4-5-27-29(21)10-13)28-11-14-2-3-15(12-28)30(14)23(31)17-7-18(17)24/h4-6,8-10,14-15,17-18H,2-3,7,11-12H2,1H3/t14?,15?,17-,18-/m1/s1. The van der Waals surface area contributed by atoms with Gasteiger partial charge in [0.05, 0.1) is 30.4 Å². The first-order chi connectivity index (χ1) is 15.5. The van der Waals surface area contributed by atoms with E-state index in [9.17, 15) is 13.6 Å². The quantitative estimate of drug-likeness (QED) is 0.625. The number of fused-ring (bicyclic) bond motifs is 3. The molecule has 3 aromatic heterocycles. The van der Waals surface area contributed by atoms with E-state index in [1.165, 1.54) is 7.11 Å². The van der Waals surface area contributed by atoms with Gasteiger partial charge in [-0.1, -0.05) is 0 Å². The predicted octanol–water partition coefficient (Wildman–Crippen LogP) is 3.08. The summed E-state index contributed by atoms with van der Waals surface area (Å²) >= 11 is 0. The highest BCUT2D eigenvalue weighted by Gasteiger charge is 2.51. The van der Waals surface area contributed by atoms with E-state index in [0.29, 0.717) is 36.5 Å². The number of carbonyl (C=O) groups is 1. The van der Waals surface area contributed by atoms with Crippen LogP contribution in [0.4, 0.5) is 14.5 Å². The fraction of sp³-hybridized carbons (Fsp3) is 0.435. The van der Waals surface area contributed by atoms with Gasteiger partial charge in [0, 0.05) is 54.8 Å². The maximum Gasteiger partial charge on any atom is 0.229 e. The molecule has 4 atom stereocenters. The van der Waals surface area contributed by atoms with Crippen LogP contribution in [0.25, 0.3) is 16.6 Å². The van der Waals surface area contributed by atoms with Gasteiger partial charge >= 0.3 is 0 Å². The first kappa shape index (κ1) is 19.5. The monoisotopic (exact) mass is 439 g/mol. The van der Waals surface area contributed by atoms with E-state index in [2.05, 4.69) is 15.0 Å². The van der Waals surface area contributed by atoms with E-state index >= 15 is 0 Å². The van der Waals surface area contributed by atoms with Gasteiger partial charge < -0.3 is 14.5 Å². The van der Waals surface area contributed by atoms with Gasteiger partial charge in [-0.15, -0.1) is 0 Å². The average molecular weight is 439 g/mol. The molecule has 2 bridgehead atoms. The lowest BCUT2D eigenvalue weighted by molar-refractivity contribution is -0.136. The minimum Gasteiger partial charge on any atom is -0.481 e. The molecule has 2 saturated heterocycles. The maximum absolute atomic E-state index is 14.5. The number of methoxy groups -OCH3 is 1. The summed E-state index contributed by atoms with van der Waals surface area (Å²) in [6.45, 7) is 1.40. The largest absolute Gasteiger partial charge is 0.481 e. The Kier molecular flexibility index (Phi) is 4.34. The average Bonchev–Trinajstić information content (AvgIpc) is 3.27. The number of rotatable bonds is 4. The molecular weight excluding hydrogens is 416 g/mol. The summed E-state index contributed by atoms with van der Waals surface area (Å²) in [6, 6.07) is 5.64. The zero-order valence-electron chi connectivity index (χ0n) is 17.6. The SMILES string of the molecule is COc1cc(-c2cc3c(N4CC5CCC(C4)N5C(=O)[C@@H]4C[C@H]4F)ccnn3c2)c(F)cn1. The van der Waals surface area contributed by atoms with E-state index in [4.69, 9.17) is 4.74 Å². The fourth-order valence-corrected chi connectivity index (χ4v) is 5.24. The number of hydrogen-bond donors (Lipinski definition) is 0. The predicted molar refractivity (Wildman–Crippen MR) is 114 cm³/mol. The number of halogens is 2. The minimum absolute atomic E-state index is 0.0170. The molecule has 9 heteroatoms. The smallest absolute Gasteiger partial charge is 0.229 e. The number of aromatic nitrogens is 3. The molecule has 2 aliphatic heterocycles. The number of ether oxygens (including phenoxy) is 1. The van der Waals surface area contributed by atoms with Crippen LogP contribution >= 0.6 is 0 Å². The summed E-state index contributed by atoms with van der Waals surface area (Å²) in [6.07, 6.45) is 5.95. The Morgan fingerprint density at radius 1 is 1.22 bits per heavy atom. The first-order valence-corrected chi connectivity index (χ1v) is 10.9. The van der Waals surface area contributed by atoms with Gasteiger partial charge in [0.1, 0.15) is 12.0 Å². The number of alkyl halides is 1. The third-order valence-electron chi connectivity index (χ3n) is 6.94. The van der Waals surface area contributed by atoms with E-state index < -0.39 is 17.9 Å². The zero-order chi connectivity index (χ0) is 22.0. The molecular formula is C23H23F2N5O2. The highest BCUT2D eigenvalue weighted by Crippen LogP contribution is 2.41. The van der Waals surface area contributed by atoms with Gasteiger partial charge in [-0.05, 0) is 31.4 Å². The van der Waals surface area contributed by atoms with E-state index in [-0.39, 0.29) is 18.0 Å². The van der Waals surface area contributed by atoms with Crippen LogP contribution in [0, 0.1) is 11.7 Å². The summed E-state index contributed by atoms with van der Waals surface area (Å²) < 4.78 is 34.9. The minimum atomic E-state index is -0.967. The van der Waals surface area contributed by atoms with Crippen molar-refractivity contribution in [2.75, 3.05) is 25.1 Å². The van der Waals surface area contributed by atoms with Crippen LogP contribution in [0.3, 0.4) is 0 Å². The lowest BCUT2D eigenvalue weighted by Gasteiger charge is -2.42. The second-order valence-electron chi connectivity index (χ2n) is 8.88. The maximum atomic E-state index is 14.5. The van der Waals surface area contributed by atoms with Gasteiger partial charge in [0.25, 0.3) is 0 Å². The molecule has 0 spiro atoms. The van der Waals surface area contributed by atoms with Crippen LogP contribution in [-0.4, -0.2) is 63.9 Å². The van der Waals surface area contributed by atoms with E-state index in [1.807, 2.05) is 17.0 Å². The number of nitrogens with zero attached hydrogens (tertiary/aromatic N) is 5. The molecule has 5 heterocycles. The van der Waals surface area contributed by atoms with E-state index in [1.54, 1.807) is 23.0 Å². The Morgan fingerprint density at radius 3 is 2.66 bits per heavy atom. The van der Waals surface area contributed by atoms with Crippen molar-refractivity contribution in [2.24, 2.45) is 5.92 Å². The van der Waals surface area contributed by atoms with Crippen molar-refractivity contribution >= 4 is 17.1 Å². The van der Waals surface area contributed by atoms with Crippen LogP contribution in [0.1, 0.15) is 19.3 Å². The lowest BCUT2D eigenvalue weighted by Crippen LogP contribution is -2.56. The Balaban J connectivity index is 1.32. The Hall–Kier alpha value is -3.23. The van der Waals surface area contributed by atoms with Crippen molar-refractivity contribution in [3.63, 3.8) is 0 Å². The number of piperazine rings is 1. The normalized spacial score (nSPS) is 26.6. The van der Waals surface area contributed by atoms with Crippen molar-refractivity contribution in [1.29, 1.82) is 0 Å². The summed E-state index contributed by atoms with van der Waals surface area (Å²) in [5.74, 6) is -0.539. The van der Waals surface area contributed by atoms with Crippen LogP contribution in [0.2, 0.25) is 0 Å². The van der Waals surface area contributed by atoms with Gasteiger partial charge in [0.2, 0.25) is 11.8 Å². The molecule has 3 aromatic rings. The molecule has 2 unspecified atom stereocenters. The third kappa shape index (κ3) is 3.02. The van der Waals surface area contributed by atoms with Crippen molar-refractivity contribution in [3.05, 3.63) is 42.6 Å². The fourth-order valence-electron chi connectivity index (χ4n) is 5.24. The van der Waals surface area contributed by atoms with Crippen LogP contribution < -0.4 is 9.64 Å². The molecule has 0 N–H and O–H groups in total. The highest BCUT2D eigenvalue weighted by molar-refractivity contribution is 5.84. The second kappa shape index (κ2) is 7.15. The zero-order valence-corrected chi connectivity index (χ0v) is 17.6. The molecule has 166 valence electrons. The van der Waals surface area contributed by atoms with Gasteiger partial charge in [-0.2, -0.15) is 5.10 Å². The van der Waals surface area contributed by atoms with Crippen molar-refractivity contribution in [2.45, 2.75) is 37.5 Å². The Morgan fingerprint density at radius 2 is 1.97 bits per heavy atom. The van der Waals surface area contributed by atoms with Crippen LogP contribution in [-0.2, 0) is 4.79 Å². The molecule has 32 heavy (non-hydrogen) atoms. The number of pyridine rings is 1. The van der Waals surface area contributed by atoms with Crippen LogP contribution in [0.5, 0.6) is 5.88 Å². The van der Waals surface area contributed by atoms with Crippen LogP contribution in [0.15, 0.2) is 36.8 Å². The molecule has 1 amide bonds. The Labute approximate surface area is 183 Å². The van der Waals surface area contributed by atoms with Gasteiger partial charge in [0.15, 0.2) is 0 Å². The number of carbonyl (C=O) groups excluding carboxylic acids is 1. The first-order valence-electron chi connectivity index (χ1n) is 10.9. The molecule has 1 aliphatic carbocycles. The van der Waals surface area contributed by atoms with Gasteiger partial charge in [-0.25, -0.2) is 18.3 Å². The third-order valence-corrected chi connectivity index (χ3v) is 6.94. The Bertz CT molecular complexity index is 1200. The second-order valence-corrected chi connectivity index (χ2v) is 8.88. The molecule has 3 aliphatic rings. The lowest BCUT2D eigenvalue weighted by atomic mass is 10.1. The number of hydrogen-bond acceptors (Lipinski definition) is 5. The van der Waals surface area contributed by atoms with E-state index in [0.717, 1.165) is 30.2 Å². The van der Waals surface area contributed by atoms with Crippen molar-refractivity contribution in [1.82, 2.24) is 19.5 Å². The van der Waals surface area contributed by atoms with Crippen molar-refractivity contribution < 1.29 is 18.3 Å². The van der Waals surface area contributed by atoms with Gasteiger partial charge in [-0.3, -0.25) is 4.79 Å². The molecule has 0 radical (unpaired) electrons. The summed E-state index contributed by atoms with van der Waals surface area (Å²) in [5.41, 5.74) is 2.94. The number of anilines is 1. The summed E-state index contributed by atoms with van der Waals surface area (Å²) in [4.78, 5) is 20.9. The molecule has 3 fully saturated rings. The molecule has 1 saturated carbocycles. The molecule has 0 aromatic carbocycles.